The average Bonchev–Trinajstić information content (AvgIpc) is 3.33. The summed E-state index contributed by atoms with van der Waals surface area (Å²) in [6.45, 7) is 0. The summed E-state index contributed by atoms with van der Waals surface area (Å²) in [6.07, 6.45) is 3.88. The molecule has 0 saturated heterocycles. The molecule has 0 N–H and O–H groups in total. The van der Waals surface area contributed by atoms with E-state index in [-0.39, 0.29) is 11.6 Å². The van der Waals surface area contributed by atoms with E-state index in [1.165, 1.54) is 24.5 Å². The second kappa shape index (κ2) is 6.45. The lowest BCUT2D eigenvalue weighted by Crippen LogP contribution is -2.08. The van der Waals surface area contributed by atoms with Crippen molar-refractivity contribution in [2.24, 2.45) is 0 Å². The van der Waals surface area contributed by atoms with Crippen molar-refractivity contribution in [2.75, 3.05) is 0 Å². The minimum atomic E-state index is -0.367. The topological polar surface area (TPSA) is 43.1 Å². The number of carbonyl (C=O) groups excluding carboxylic acids is 1. The fourth-order valence-electron chi connectivity index (χ4n) is 2.96. The summed E-state index contributed by atoms with van der Waals surface area (Å²) in [5, 5.41) is 4.62. The van der Waals surface area contributed by atoms with E-state index < -0.39 is 0 Å². The van der Waals surface area contributed by atoms with Crippen LogP contribution in [-0.4, -0.2) is 10.9 Å². The third-order valence-electron chi connectivity index (χ3n) is 4.43. The molecule has 126 valence electrons. The molecule has 0 radical (unpaired) electrons. The molecule has 1 aliphatic rings. The van der Waals surface area contributed by atoms with Crippen LogP contribution in [0.15, 0.2) is 53.3 Å². The minimum Gasteiger partial charge on any atom is -0.364 e. The van der Waals surface area contributed by atoms with Crippen LogP contribution in [0, 0.1) is 5.82 Å². The number of nitrogens with zero attached hydrogens (tertiary/aromatic N) is 1. The van der Waals surface area contributed by atoms with Crippen LogP contribution in [0.3, 0.4) is 0 Å². The summed E-state index contributed by atoms with van der Waals surface area (Å²) in [5.74, 6) is -0.238. The van der Waals surface area contributed by atoms with Crippen LogP contribution in [0.5, 0.6) is 0 Å². The molecular weight excluding hydrogens is 341 g/mol. The molecule has 0 bridgehead atoms. The number of aromatic nitrogens is 1. The van der Waals surface area contributed by atoms with Gasteiger partial charge in [0.1, 0.15) is 12.1 Å². The van der Waals surface area contributed by atoms with E-state index in [1.807, 2.05) is 12.1 Å². The van der Waals surface area contributed by atoms with E-state index >= 15 is 0 Å². The maximum absolute atomic E-state index is 13.8. The third-order valence-corrected chi connectivity index (χ3v) is 4.68. The van der Waals surface area contributed by atoms with Gasteiger partial charge in [-0.15, -0.1) is 0 Å². The van der Waals surface area contributed by atoms with Gasteiger partial charge in [0.2, 0.25) is 0 Å². The molecule has 0 unspecified atom stereocenters. The number of hydrogen-bond donors (Lipinski definition) is 0. The molecule has 0 aliphatic heterocycles. The Bertz CT molecular complexity index is 929. The molecule has 4 rings (SSSR count). The summed E-state index contributed by atoms with van der Waals surface area (Å²) in [6, 6.07) is 11.6. The van der Waals surface area contributed by atoms with Gasteiger partial charge in [0.15, 0.2) is 5.78 Å². The zero-order chi connectivity index (χ0) is 17.4. The molecule has 2 aromatic carbocycles. The first-order valence-electron chi connectivity index (χ1n) is 8.13. The molecule has 5 heteroatoms. The van der Waals surface area contributed by atoms with Crippen LogP contribution in [0.4, 0.5) is 4.39 Å². The number of ketones is 1. The van der Waals surface area contributed by atoms with E-state index in [4.69, 9.17) is 16.1 Å². The van der Waals surface area contributed by atoms with Gasteiger partial charge in [0.25, 0.3) is 0 Å². The van der Waals surface area contributed by atoms with Crippen molar-refractivity contribution in [1.82, 2.24) is 5.16 Å². The Morgan fingerprint density at radius 1 is 1.16 bits per heavy atom. The van der Waals surface area contributed by atoms with Gasteiger partial charge in [0, 0.05) is 16.5 Å². The van der Waals surface area contributed by atoms with Crippen molar-refractivity contribution in [3.8, 4) is 0 Å². The second-order valence-electron chi connectivity index (χ2n) is 6.32. The van der Waals surface area contributed by atoms with Gasteiger partial charge in [0.05, 0.1) is 11.3 Å². The molecule has 0 spiro atoms. The van der Waals surface area contributed by atoms with E-state index in [1.54, 1.807) is 12.1 Å². The number of hydrogen-bond acceptors (Lipinski definition) is 3. The van der Waals surface area contributed by atoms with Crippen LogP contribution in [0.2, 0.25) is 5.02 Å². The van der Waals surface area contributed by atoms with Crippen LogP contribution in [0.25, 0.3) is 0 Å². The number of benzene rings is 2. The van der Waals surface area contributed by atoms with Gasteiger partial charge in [-0.05, 0) is 60.7 Å². The Kier molecular flexibility index (Phi) is 4.14. The van der Waals surface area contributed by atoms with Crippen LogP contribution in [-0.2, 0) is 6.42 Å². The van der Waals surface area contributed by atoms with Gasteiger partial charge in [-0.25, -0.2) is 4.39 Å². The fourth-order valence-corrected chi connectivity index (χ4v) is 3.09. The van der Waals surface area contributed by atoms with Gasteiger partial charge in [-0.1, -0.05) is 28.9 Å². The molecule has 1 aromatic heterocycles. The Morgan fingerprint density at radius 2 is 1.92 bits per heavy atom. The van der Waals surface area contributed by atoms with Crippen molar-refractivity contribution < 1.29 is 13.7 Å². The smallest absolute Gasteiger partial charge is 0.198 e. The quantitative estimate of drug-likeness (QED) is 0.593. The molecule has 0 amide bonds. The van der Waals surface area contributed by atoms with Gasteiger partial charge in [-0.3, -0.25) is 4.79 Å². The first-order valence-corrected chi connectivity index (χ1v) is 8.51. The van der Waals surface area contributed by atoms with Crippen molar-refractivity contribution in [3.63, 3.8) is 0 Å². The Hall–Kier alpha value is -2.46. The van der Waals surface area contributed by atoms with Gasteiger partial charge in [-0.2, -0.15) is 0 Å². The highest BCUT2D eigenvalue weighted by Crippen LogP contribution is 2.41. The van der Waals surface area contributed by atoms with Crippen molar-refractivity contribution in [1.29, 1.82) is 0 Å². The predicted octanol–water partition coefficient (Wildman–Crippen LogP) is 5.17. The number of rotatable bonds is 5. The lowest BCUT2D eigenvalue weighted by molar-refractivity contribution is 0.103. The Labute approximate surface area is 149 Å². The van der Waals surface area contributed by atoms with E-state index in [0.717, 1.165) is 18.4 Å². The summed E-state index contributed by atoms with van der Waals surface area (Å²) in [4.78, 5) is 13.0. The van der Waals surface area contributed by atoms with E-state index in [9.17, 15) is 9.18 Å². The van der Waals surface area contributed by atoms with Crippen molar-refractivity contribution in [2.45, 2.75) is 25.2 Å². The molecule has 3 nitrogen and oxygen atoms in total. The SMILES string of the molecule is O=C(c1ccc(F)cc1Cc1ccc(Cl)cc1)c1conc1C1CC1. The molecule has 0 atom stereocenters. The fraction of sp³-hybridized carbons (Fsp3) is 0.200. The molecule has 1 fully saturated rings. The zero-order valence-electron chi connectivity index (χ0n) is 13.3. The molecule has 3 aromatic rings. The maximum atomic E-state index is 13.8. The standard InChI is InChI=1S/C20H15ClFNO2/c21-15-5-1-12(2-6-15)9-14-10-16(22)7-8-17(14)20(24)18-11-25-23-19(18)13-3-4-13/h1-2,5-8,10-11,13H,3-4,9H2. The largest absolute Gasteiger partial charge is 0.364 e. The molecular formula is C20H15ClFNO2. The Morgan fingerprint density at radius 3 is 2.64 bits per heavy atom. The first kappa shape index (κ1) is 16.0. The normalized spacial score (nSPS) is 13.8. The average molecular weight is 356 g/mol. The molecule has 1 heterocycles. The lowest BCUT2D eigenvalue weighted by atomic mass is 9.94. The zero-order valence-corrected chi connectivity index (χ0v) is 14.1. The predicted molar refractivity (Wildman–Crippen MR) is 92.6 cm³/mol. The molecule has 1 aliphatic carbocycles. The Balaban J connectivity index is 1.70. The summed E-state index contributed by atoms with van der Waals surface area (Å²) in [7, 11) is 0. The maximum Gasteiger partial charge on any atom is 0.198 e. The summed E-state index contributed by atoms with van der Waals surface area (Å²) in [5.41, 5.74) is 3.26. The van der Waals surface area contributed by atoms with Crippen LogP contribution in [0.1, 0.15) is 51.5 Å². The summed E-state index contributed by atoms with van der Waals surface area (Å²) < 4.78 is 18.8. The number of halogens is 2. The van der Waals surface area contributed by atoms with Gasteiger partial charge >= 0.3 is 0 Å². The highest BCUT2D eigenvalue weighted by Gasteiger charge is 2.32. The first-order chi connectivity index (χ1) is 12.1. The lowest BCUT2D eigenvalue weighted by Gasteiger charge is -2.09. The van der Waals surface area contributed by atoms with E-state index in [2.05, 4.69) is 5.16 Å². The minimum absolute atomic E-state index is 0.174. The van der Waals surface area contributed by atoms with Gasteiger partial charge < -0.3 is 4.52 Å². The third kappa shape index (κ3) is 3.35. The highest BCUT2D eigenvalue weighted by molar-refractivity contribution is 6.30. The molecule has 1 saturated carbocycles. The highest BCUT2D eigenvalue weighted by atomic mass is 35.5. The summed E-state index contributed by atoms with van der Waals surface area (Å²) >= 11 is 5.91. The second-order valence-corrected chi connectivity index (χ2v) is 6.76. The van der Waals surface area contributed by atoms with Crippen molar-refractivity contribution >= 4 is 17.4 Å². The van der Waals surface area contributed by atoms with Crippen molar-refractivity contribution in [3.05, 3.63) is 87.5 Å². The van der Waals surface area contributed by atoms with Crippen LogP contribution >= 0.6 is 11.6 Å². The molecule has 25 heavy (non-hydrogen) atoms. The monoisotopic (exact) mass is 355 g/mol. The van der Waals surface area contributed by atoms with E-state index in [0.29, 0.717) is 39.7 Å². The number of carbonyl (C=O) groups is 1. The van der Waals surface area contributed by atoms with Crippen LogP contribution < -0.4 is 0 Å².